The predicted molar refractivity (Wildman–Crippen MR) is 75.8 cm³/mol. The van der Waals surface area contributed by atoms with Gasteiger partial charge in [-0.3, -0.25) is 10.3 Å². The lowest BCUT2D eigenvalue weighted by Crippen LogP contribution is -2.34. The number of aliphatic imine (C=N–C) groups is 1. The van der Waals surface area contributed by atoms with Crippen molar-refractivity contribution in [2.24, 2.45) is 10.7 Å². The smallest absolute Gasteiger partial charge is 0.317 e. The molecular formula is C13H16ClN3O. The van der Waals surface area contributed by atoms with Crippen molar-refractivity contribution in [3.63, 3.8) is 0 Å². The van der Waals surface area contributed by atoms with Crippen molar-refractivity contribution in [2.45, 2.75) is 19.9 Å². The Bertz CT molecular complexity index is 481. The topological polar surface area (TPSA) is 67.5 Å². The summed E-state index contributed by atoms with van der Waals surface area (Å²) >= 11 is 6.02. The van der Waals surface area contributed by atoms with Gasteiger partial charge in [-0.15, -0.1) is 0 Å². The Morgan fingerprint density at radius 1 is 1.44 bits per heavy atom. The van der Waals surface area contributed by atoms with Crippen LogP contribution in [-0.2, 0) is 0 Å². The van der Waals surface area contributed by atoms with Crippen molar-refractivity contribution in [2.75, 3.05) is 0 Å². The van der Waals surface area contributed by atoms with E-state index in [1.807, 2.05) is 32.0 Å². The van der Waals surface area contributed by atoms with Crippen LogP contribution in [0.1, 0.15) is 19.4 Å². The number of hydrogen-bond donors (Lipinski definition) is 2. The predicted octanol–water partition coefficient (Wildman–Crippen LogP) is 2.83. The number of halogens is 1. The fourth-order valence-electron chi connectivity index (χ4n) is 1.30. The molecule has 2 amide bonds. The van der Waals surface area contributed by atoms with Gasteiger partial charge < -0.3 is 5.73 Å². The minimum atomic E-state index is -0.641. The van der Waals surface area contributed by atoms with Gasteiger partial charge in [-0.05, 0) is 37.6 Å². The number of nitrogens with zero attached hydrogens (tertiary/aromatic N) is 1. The molecule has 0 aliphatic rings. The van der Waals surface area contributed by atoms with Crippen LogP contribution in [-0.4, -0.2) is 17.9 Å². The first-order chi connectivity index (χ1) is 8.49. The largest absolute Gasteiger partial charge is 0.351 e. The van der Waals surface area contributed by atoms with Gasteiger partial charge >= 0.3 is 6.03 Å². The highest BCUT2D eigenvalue weighted by Gasteiger charge is 2.00. The minimum Gasteiger partial charge on any atom is -0.351 e. The molecule has 1 rings (SSSR count). The zero-order valence-electron chi connectivity index (χ0n) is 10.4. The van der Waals surface area contributed by atoms with Crippen molar-refractivity contribution in [3.8, 4) is 0 Å². The van der Waals surface area contributed by atoms with Crippen molar-refractivity contribution in [1.82, 2.24) is 5.32 Å². The zero-order valence-corrected chi connectivity index (χ0v) is 11.1. The summed E-state index contributed by atoms with van der Waals surface area (Å²) in [4.78, 5) is 15.1. The molecule has 0 aliphatic heterocycles. The first-order valence-electron chi connectivity index (χ1n) is 5.56. The molecule has 0 saturated carbocycles. The Hall–Kier alpha value is -1.81. The van der Waals surface area contributed by atoms with Gasteiger partial charge in [0.2, 0.25) is 0 Å². The molecule has 5 heteroatoms. The van der Waals surface area contributed by atoms with E-state index in [0.717, 1.165) is 5.56 Å². The van der Waals surface area contributed by atoms with E-state index < -0.39 is 6.03 Å². The average molecular weight is 266 g/mol. The third-order valence-electron chi connectivity index (χ3n) is 1.97. The molecule has 4 nitrogen and oxygen atoms in total. The van der Waals surface area contributed by atoms with E-state index in [1.54, 1.807) is 18.2 Å². The molecule has 0 fully saturated rings. The number of nitrogens with one attached hydrogen (secondary N) is 1. The number of rotatable bonds is 3. The van der Waals surface area contributed by atoms with E-state index in [4.69, 9.17) is 17.3 Å². The van der Waals surface area contributed by atoms with Crippen LogP contribution in [0, 0.1) is 0 Å². The second-order valence-electron chi connectivity index (χ2n) is 3.95. The molecule has 0 spiro atoms. The lowest BCUT2D eigenvalue weighted by Gasteiger charge is -2.04. The molecule has 0 radical (unpaired) electrons. The normalized spacial score (nSPS) is 12.1. The summed E-state index contributed by atoms with van der Waals surface area (Å²) < 4.78 is 0. The van der Waals surface area contributed by atoms with Gasteiger partial charge in [0.25, 0.3) is 0 Å². The summed E-state index contributed by atoms with van der Waals surface area (Å²) in [7, 11) is 0. The minimum absolute atomic E-state index is 0.0581. The highest BCUT2D eigenvalue weighted by Crippen LogP contribution is 2.16. The number of carbonyl (C=O) groups is 1. The number of amides is 2. The molecule has 96 valence electrons. The maximum Gasteiger partial charge on any atom is 0.317 e. The molecule has 1 aromatic rings. The Labute approximate surface area is 112 Å². The van der Waals surface area contributed by atoms with Gasteiger partial charge in [0.05, 0.1) is 0 Å². The van der Waals surface area contributed by atoms with Gasteiger partial charge in [-0.2, -0.15) is 0 Å². The number of nitrogens with two attached hydrogens (primary N) is 1. The highest BCUT2D eigenvalue weighted by atomic mass is 35.5. The second kappa shape index (κ2) is 6.81. The summed E-state index contributed by atoms with van der Waals surface area (Å²) in [6.07, 6.45) is 3.45. The number of amidine groups is 1. The lowest BCUT2D eigenvalue weighted by atomic mass is 10.2. The Morgan fingerprint density at radius 3 is 2.67 bits per heavy atom. The van der Waals surface area contributed by atoms with E-state index in [2.05, 4.69) is 10.3 Å². The second-order valence-corrected chi connectivity index (χ2v) is 4.36. The third-order valence-corrected chi connectivity index (χ3v) is 2.32. The number of hydrogen-bond acceptors (Lipinski definition) is 2. The maximum absolute atomic E-state index is 10.8. The third kappa shape index (κ3) is 5.01. The summed E-state index contributed by atoms with van der Waals surface area (Å²) in [5.74, 6) is 0.414. The van der Waals surface area contributed by atoms with Crippen LogP contribution in [0.3, 0.4) is 0 Å². The van der Waals surface area contributed by atoms with Gasteiger partial charge in [0.15, 0.2) is 0 Å². The van der Waals surface area contributed by atoms with Crippen molar-refractivity contribution >= 4 is 29.5 Å². The van der Waals surface area contributed by atoms with Crippen LogP contribution in [0.4, 0.5) is 4.79 Å². The zero-order chi connectivity index (χ0) is 13.5. The summed E-state index contributed by atoms with van der Waals surface area (Å²) in [5.41, 5.74) is 5.93. The molecule has 0 unspecified atom stereocenters. The van der Waals surface area contributed by atoms with E-state index in [9.17, 15) is 4.79 Å². The van der Waals surface area contributed by atoms with Gasteiger partial charge in [-0.25, -0.2) is 4.79 Å². The Kier molecular flexibility index (Phi) is 5.39. The molecule has 0 aliphatic carbocycles. The lowest BCUT2D eigenvalue weighted by molar-refractivity contribution is 0.253. The first kappa shape index (κ1) is 14.3. The monoisotopic (exact) mass is 265 g/mol. The van der Waals surface area contributed by atoms with E-state index in [0.29, 0.717) is 10.9 Å². The molecular weight excluding hydrogens is 250 g/mol. The van der Waals surface area contributed by atoms with Crippen molar-refractivity contribution in [1.29, 1.82) is 0 Å². The molecule has 3 N–H and O–H groups in total. The number of benzene rings is 1. The Balaban J connectivity index is 2.90. The fraction of sp³-hybridized carbons (Fsp3) is 0.231. The van der Waals surface area contributed by atoms with Gasteiger partial charge in [0, 0.05) is 11.1 Å². The van der Waals surface area contributed by atoms with Crippen LogP contribution in [0.2, 0.25) is 5.02 Å². The quantitative estimate of drug-likeness (QED) is 0.640. The highest BCUT2D eigenvalue weighted by molar-refractivity contribution is 6.32. The number of urea groups is 1. The summed E-state index contributed by atoms with van der Waals surface area (Å²) in [5, 5.41) is 3.10. The molecule has 1 aromatic carbocycles. The van der Waals surface area contributed by atoms with Crippen molar-refractivity contribution < 1.29 is 4.79 Å². The number of primary amides is 1. The summed E-state index contributed by atoms with van der Waals surface area (Å²) in [6, 6.07) is 6.82. The standard InChI is InChI=1S/C13H16ClN3O/c1-9(2)16-12(17-13(15)18)8-7-10-5-3-4-6-11(10)14/h3-9H,1-2H3,(H3,15,16,17,18)/b8-7+. The van der Waals surface area contributed by atoms with E-state index >= 15 is 0 Å². The van der Waals surface area contributed by atoms with Crippen LogP contribution in [0.15, 0.2) is 35.3 Å². The average Bonchev–Trinajstić information content (AvgIpc) is 2.26. The molecule has 0 atom stereocenters. The number of carbonyl (C=O) groups excluding carboxylic acids is 1. The molecule has 0 saturated heterocycles. The van der Waals surface area contributed by atoms with E-state index in [1.165, 1.54) is 0 Å². The fourth-order valence-corrected chi connectivity index (χ4v) is 1.50. The molecule has 0 heterocycles. The molecule has 0 aromatic heterocycles. The molecule has 0 bridgehead atoms. The maximum atomic E-state index is 10.8. The first-order valence-corrected chi connectivity index (χ1v) is 5.93. The van der Waals surface area contributed by atoms with Crippen LogP contribution in [0.25, 0.3) is 6.08 Å². The van der Waals surface area contributed by atoms with Crippen LogP contribution < -0.4 is 11.1 Å². The van der Waals surface area contributed by atoms with Crippen LogP contribution >= 0.6 is 11.6 Å². The van der Waals surface area contributed by atoms with Crippen molar-refractivity contribution in [3.05, 3.63) is 40.9 Å². The van der Waals surface area contributed by atoms with E-state index in [-0.39, 0.29) is 6.04 Å². The van der Waals surface area contributed by atoms with Crippen LogP contribution in [0.5, 0.6) is 0 Å². The summed E-state index contributed by atoms with van der Waals surface area (Å²) in [6.45, 7) is 3.82. The SMILES string of the molecule is CC(C)N=C(/C=C/c1ccccc1Cl)NC(N)=O. The van der Waals surface area contributed by atoms with Gasteiger partial charge in [0.1, 0.15) is 5.84 Å². The van der Waals surface area contributed by atoms with Gasteiger partial charge in [-0.1, -0.05) is 29.8 Å². The Morgan fingerprint density at radius 2 is 2.11 bits per heavy atom. The molecule has 18 heavy (non-hydrogen) atoms.